The van der Waals surface area contributed by atoms with Crippen molar-refractivity contribution < 1.29 is 0 Å². The third kappa shape index (κ3) is 2.89. The highest BCUT2D eigenvalue weighted by Gasteiger charge is 2.26. The van der Waals surface area contributed by atoms with E-state index >= 15 is 0 Å². The first-order valence-corrected chi connectivity index (χ1v) is 8.71. The zero-order valence-corrected chi connectivity index (χ0v) is 13.9. The van der Waals surface area contributed by atoms with Crippen molar-refractivity contribution in [2.45, 2.75) is 12.2 Å². The van der Waals surface area contributed by atoms with Crippen LogP contribution in [-0.2, 0) is 0 Å². The third-order valence-electron chi connectivity index (χ3n) is 3.11. The number of aromatic nitrogens is 2. The second-order valence-electron chi connectivity index (χ2n) is 4.43. The highest BCUT2D eigenvalue weighted by Crippen LogP contribution is 2.53. The smallest absolute Gasteiger partial charge is 0.0989 e. The van der Waals surface area contributed by atoms with Gasteiger partial charge in [-0.1, -0.05) is 29.3 Å². The van der Waals surface area contributed by atoms with Gasteiger partial charge in [-0.15, -0.1) is 23.5 Å². The number of hydrogen-bond donors (Lipinski definition) is 0. The molecule has 1 unspecified atom stereocenters. The first-order valence-electron chi connectivity index (χ1n) is 6.09. The Morgan fingerprint density at radius 2 is 2.25 bits per heavy atom. The number of imidazole rings is 1. The molecule has 1 aromatic carbocycles. The van der Waals surface area contributed by atoms with Crippen LogP contribution in [0.3, 0.4) is 0 Å². The minimum Gasteiger partial charge on any atom is -0.309 e. The van der Waals surface area contributed by atoms with Gasteiger partial charge in [-0.25, -0.2) is 4.98 Å². The van der Waals surface area contributed by atoms with Crippen molar-refractivity contribution in [2.24, 2.45) is 0 Å². The van der Waals surface area contributed by atoms with E-state index in [1.165, 1.54) is 9.93 Å². The zero-order chi connectivity index (χ0) is 14.1. The Bertz CT molecular complexity index is 653. The summed E-state index contributed by atoms with van der Waals surface area (Å²) in [6.45, 7) is 2.11. The first kappa shape index (κ1) is 14.4. The summed E-state index contributed by atoms with van der Waals surface area (Å²) < 4.78 is 3.36. The molecule has 0 radical (unpaired) electrons. The van der Waals surface area contributed by atoms with Gasteiger partial charge in [0, 0.05) is 39.1 Å². The molecule has 1 fully saturated rings. The summed E-state index contributed by atoms with van der Waals surface area (Å²) in [5, 5.41) is 1.80. The van der Waals surface area contributed by atoms with Gasteiger partial charge in [0.1, 0.15) is 0 Å². The normalized spacial score (nSPS) is 21.2. The SMILES string of the molecule is C/C(=C1/SCC(c2ccc(Cl)cc2Cl)S1)n1ccnc1. The molecule has 3 rings (SSSR count). The Morgan fingerprint density at radius 1 is 1.40 bits per heavy atom. The fourth-order valence-electron chi connectivity index (χ4n) is 2.02. The van der Waals surface area contributed by atoms with Crippen LogP contribution in [0.4, 0.5) is 0 Å². The number of thioether (sulfide) groups is 2. The van der Waals surface area contributed by atoms with Gasteiger partial charge < -0.3 is 4.57 Å². The molecule has 104 valence electrons. The Kier molecular flexibility index (Phi) is 4.36. The Labute approximate surface area is 136 Å². The fraction of sp³-hybridized carbons (Fsp3) is 0.214. The minimum absolute atomic E-state index is 0.373. The molecule has 1 saturated heterocycles. The van der Waals surface area contributed by atoms with Crippen LogP contribution in [0.5, 0.6) is 0 Å². The van der Waals surface area contributed by atoms with Crippen molar-refractivity contribution in [3.63, 3.8) is 0 Å². The monoisotopic (exact) mass is 342 g/mol. The molecule has 2 nitrogen and oxygen atoms in total. The van der Waals surface area contributed by atoms with Crippen molar-refractivity contribution >= 4 is 52.4 Å². The Hall–Kier alpha value is -0.550. The summed E-state index contributed by atoms with van der Waals surface area (Å²) in [7, 11) is 0. The molecule has 1 aliphatic rings. The van der Waals surface area contributed by atoms with Crippen LogP contribution in [-0.4, -0.2) is 15.3 Å². The van der Waals surface area contributed by atoms with Crippen molar-refractivity contribution in [1.29, 1.82) is 0 Å². The molecule has 0 aliphatic carbocycles. The molecule has 0 N–H and O–H groups in total. The maximum absolute atomic E-state index is 6.30. The summed E-state index contributed by atoms with van der Waals surface area (Å²) in [5.41, 5.74) is 2.37. The highest BCUT2D eigenvalue weighted by molar-refractivity contribution is 8.25. The van der Waals surface area contributed by atoms with E-state index in [0.717, 1.165) is 16.3 Å². The van der Waals surface area contributed by atoms with Gasteiger partial charge in [0.2, 0.25) is 0 Å². The van der Waals surface area contributed by atoms with E-state index in [0.29, 0.717) is 10.3 Å². The van der Waals surface area contributed by atoms with E-state index in [9.17, 15) is 0 Å². The van der Waals surface area contributed by atoms with Gasteiger partial charge in [-0.2, -0.15) is 0 Å². The minimum atomic E-state index is 0.373. The third-order valence-corrected chi connectivity index (χ3v) is 6.80. The zero-order valence-electron chi connectivity index (χ0n) is 10.7. The largest absolute Gasteiger partial charge is 0.309 e. The van der Waals surface area contributed by atoms with Gasteiger partial charge in [0.25, 0.3) is 0 Å². The van der Waals surface area contributed by atoms with E-state index < -0.39 is 0 Å². The van der Waals surface area contributed by atoms with Crippen LogP contribution in [0, 0.1) is 0 Å². The highest BCUT2D eigenvalue weighted by atomic mass is 35.5. The summed E-state index contributed by atoms with van der Waals surface area (Å²) in [5.74, 6) is 1.02. The number of benzene rings is 1. The van der Waals surface area contributed by atoms with E-state index in [1.807, 2.05) is 58.8 Å². The number of allylic oxidation sites excluding steroid dienone is 1. The molecule has 0 bridgehead atoms. The predicted molar refractivity (Wildman–Crippen MR) is 90.4 cm³/mol. The average Bonchev–Trinajstić information content (AvgIpc) is 3.09. The second-order valence-corrected chi connectivity index (χ2v) is 7.77. The summed E-state index contributed by atoms with van der Waals surface area (Å²) in [4.78, 5) is 4.09. The van der Waals surface area contributed by atoms with Crippen molar-refractivity contribution in [3.8, 4) is 0 Å². The molecule has 20 heavy (non-hydrogen) atoms. The van der Waals surface area contributed by atoms with Crippen LogP contribution < -0.4 is 0 Å². The average molecular weight is 343 g/mol. The molecule has 2 aromatic rings. The summed E-state index contributed by atoms with van der Waals surface area (Å²) >= 11 is 16.0. The van der Waals surface area contributed by atoms with Gasteiger partial charge >= 0.3 is 0 Å². The molecule has 2 heterocycles. The lowest BCUT2D eigenvalue weighted by molar-refractivity contribution is 1.08. The lowest BCUT2D eigenvalue weighted by Gasteiger charge is -2.11. The Morgan fingerprint density at radius 3 is 2.95 bits per heavy atom. The summed E-state index contributed by atoms with van der Waals surface area (Å²) in [6, 6.07) is 5.74. The van der Waals surface area contributed by atoms with Gasteiger partial charge in [-0.05, 0) is 24.6 Å². The van der Waals surface area contributed by atoms with Gasteiger partial charge in [0.05, 0.1) is 10.6 Å². The van der Waals surface area contributed by atoms with Gasteiger partial charge in [-0.3, -0.25) is 0 Å². The maximum Gasteiger partial charge on any atom is 0.0989 e. The fourth-order valence-corrected chi connectivity index (χ4v) is 5.59. The van der Waals surface area contributed by atoms with Crippen LogP contribution in [0.2, 0.25) is 10.0 Å². The number of halogens is 2. The standard InChI is InChI=1S/C14H12Cl2N2S2/c1-9(18-5-4-17-8-18)14-19-7-13(20-14)11-3-2-10(15)6-12(11)16/h2-6,8,13H,7H2,1H3/b14-9+. The van der Waals surface area contributed by atoms with E-state index in [1.54, 1.807) is 6.20 Å². The molecule has 1 atom stereocenters. The van der Waals surface area contributed by atoms with Crippen LogP contribution >= 0.6 is 46.7 Å². The lowest BCUT2D eigenvalue weighted by Crippen LogP contribution is -1.93. The van der Waals surface area contributed by atoms with Gasteiger partial charge in [0.15, 0.2) is 0 Å². The number of nitrogens with zero attached hydrogens (tertiary/aromatic N) is 2. The summed E-state index contributed by atoms with van der Waals surface area (Å²) in [6.07, 6.45) is 5.58. The van der Waals surface area contributed by atoms with Crippen molar-refractivity contribution in [1.82, 2.24) is 9.55 Å². The van der Waals surface area contributed by atoms with Crippen LogP contribution in [0.1, 0.15) is 17.7 Å². The predicted octanol–water partition coefficient (Wildman–Crippen LogP) is 5.56. The molecule has 1 aliphatic heterocycles. The van der Waals surface area contributed by atoms with E-state index in [4.69, 9.17) is 23.2 Å². The first-order chi connectivity index (χ1) is 9.65. The molecular weight excluding hydrogens is 331 g/mol. The van der Waals surface area contributed by atoms with Crippen LogP contribution in [0.25, 0.3) is 5.70 Å². The maximum atomic E-state index is 6.30. The molecule has 0 amide bonds. The molecule has 1 aromatic heterocycles. The topological polar surface area (TPSA) is 17.8 Å². The second kappa shape index (κ2) is 6.06. The lowest BCUT2D eigenvalue weighted by atomic mass is 10.2. The van der Waals surface area contributed by atoms with Crippen molar-refractivity contribution in [2.75, 3.05) is 5.75 Å². The number of rotatable bonds is 2. The number of hydrogen-bond acceptors (Lipinski definition) is 3. The van der Waals surface area contributed by atoms with Crippen molar-refractivity contribution in [3.05, 3.63) is 56.8 Å². The Balaban J connectivity index is 1.85. The molecule has 0 spiro atoms. The molecule has 6 heteroatoms. The quantitative estimate of drug-likeness (QED) is 0.711. The molecule has 0 saturated carbocycles. The molecular formula is C14H12Cl2N2S2. The van der Waals surface area contributed by atoms with Crippen LogP contribution in [0.15, 0.2) is 41.2 Å². The van der Waals surface area contributed by atoms with E-state index in [-0.39, 0.29) is 0 Å². The van der Waals surface area contributed by atoms with E-state index in [2.05, 4.69) is 11.9 Å².